The van der Waals surface area contributed by atoms with Crippen LogP contribution in [0.4, 0.5) is 5.69 Å². The second kappa shape index (κ2) is 8.66. The summed E-state index contributed by atoms with van der Waals surface area (Å²) in [6.45, 7) is 6.58. The summed E-state index contributed by atoms with van der Waals surface area (Å²) in [6, 6.07) is 1.68. The van der Waals surface area contributed by atoms with Gasteiger partial charge in [0.15, 0.2) is 0 Å². The molecule has 0 aromatic carbocycles. The van der Waals surface area contributed by atoms with Gasteiger partial charge in [-0.3, -0.25) is 9.78 Å². The summed E-state index contributed by atoms with van der Waals surface area (Å²) in [5.41, 5.74) is 1.21. The summed E-state index contributed by atoms with van der Waals surface area (Å²) in [7, 11) is 0. The monoisotopic (exact) mass is 280 g/mol. The SMILES string of the molecule is CC(C)CC(C)OCCC(=O)Nc1cnccc1CO. The van der Waals surface area contributed by atoms with Crippen LogP contribution in [0.3, 0.4) is 0 Å². The molecule has 1 aromatic rings. The highest BCUT2D eigenvalue weighted by molar-refractivity contribution is 5.91. The minimum absolute atomic E-state index is 0.125. The molecule has 1 aromatic heterocycles. The van der Waals surface area contributed by atoms with Crippen molar-refractivity contribution < 1.29 is 14.6 Å². The summed E-state index contributed by atoms with van der Waals surface area (Å²) >= 11 is 0. The van der Waals surface area contributed by atoms with E-state index in [0.717, 1.165) is 6.42 Å². The highest BCUT2D eigenvalue weighted by atomic mass is 16.5. The zero-order valence-corrected chi connectivity index (χ0v) is 12.4. The number of ether oxygens (including phenoxy) is 1. The van der Waals surface area contributed by atoms with Crippen LogP contribution in [0.15, 0.2) is 18.5 Å². The summed E-state index contributed by atoms with van der Waals surface area (Å²) in [4.78, 5) is 15.7. The molecule has 0 bridgehead atoms. The fraction of sp³-hybridized carbons (Fsp3) is 0.600. The summed E-state index contributed by atoms with van der Waals surface area (Å²) in [6.07, 6.45) is 4.55. The molecule has 0 aliphatic rings. The maximum atomic E-state index is 11.8. The predicted octanol–water partition coefficient (Wildman–Crippen LogP) is 2.35. The van der Waals surface area contributed by atoms with Crippen LogP contribution in [0.2, 0.25) is 0 Å². The number of aliphatic hydroxyl groups excluding tert-OH is 1. The Balaban J connectivity index is 2.33. The summed E-state index contributed by atoms with van der Waals surface area (Å²) in [5, 5.41) is 11.9. The lowest BCUT2D eigenvalue weighted by Gasteiger charge is -2.15. The molecule has 0 spiro atoms. The van der Waals surface area contributed by atoms with E-state index in [0.29, 0.717) is 30.2 Å². The van der Waals surface area contributed by atoms with Gasteiger partial charge < -0.3 is 15.2 Å². The molecule has 0 radical (unpaired) electrons. The zero-order chi connectivity index (χ0) is 15.0. The van der Waals surface area contributed by atoms with Gasteiger partial charge in [-0.1, -0.05) is 13.8 Å². The van der Waals surface area contributed by atoms with Crippen molar-refractivity contribution in [2.45, 2.75) is 46.3 Å². The molecule has 5 heteroatoms. The van der Waals surface area contributed by atoms with Gasteiger partial charge in [-0.2, -0.15) is 0 Å². The maximum absolute atomic E-state index is 11.8. The molecular formula is C15H24N2O3. The second-order valence-corrected chi connectivity index (χ2v) is 5.30. The molecule has 0 saturated carbocycles. The Labute approximate surface area is 120 Å². The Morgan fingerprint density at radius 1 is 1.45 bits per heavy atom. The van der Waals surface area contributed by atoms with Gasteiger partial charge in [-0.15, -0.1) is 0 Å². The van der Waals surface area contributed by atoms with E-state index in [1.54, 1.807) is 12.3 Å². The van der Waals surface area contributed by atoms with Crippen LogP contribution >= 0.6 is 0 Å². The van der Waals surface area contributed by atoms with Crippen LogP contribution in [0.1, 0.15) is 39.2 Å². The lowest BCUT2D eigenvalue weighted by atomic mass is 10.1. The quantitative estimate of drug-likeness (QED) is 0.767. The van der Waals surface area contributed by atoms with Gasteiger partial charge >= 0.3 is 0 Å². The van der Waals surface area contributed by atoms with Crippen molar-refractivity contribution in [3.63, 3.8) is 0 Å². The average molecular weight is 280 g/mol. The molecule has 0 aliphatic heterocycles. The summed E-state index contributed by atoms with van der Waals surface area (Å²) < 4.78 is 5.59. The van der Waals surface area contributed by atoms with Crippen molar-refractivity contribution in [2.75, 3.05) is 11.9 Å². The number of pyridine rings is 1. The number of nitrogens with one attached hydrogen (secondary N) is 1. The highest BCUT2D eigenvalue weighted by Gasteiger charge is 2.09. The largest absolute Gasteiger partial charge is 0.392 e. The standard InChI is InChI=1S/C15H24N2O3/c1-11(2)8-12(3)20-7-5-15(19)17-14-9-16-6-4-13(14)10-18/h4,6,9,11-12,18H,5,7-8,10H2,1-3H3,(H,17,19). The third kappa shape index (κ3) is 6.12. The number of hydrogen-bond donors (Lipinski definition) is 2. The van der Waals surface area contributed by atoms with Crippen molar-refractivity contribution in [1.82, 2.24) is 4.98 Å². The van der Waals surface area contributed by atoms with Gasteiger partial charge in [0.05, 0.1) is 37.6 Å². The van der Waals surface area contributed by atoms with Crippen molar-refractivity contribution in [2.24, 2.45) is 5.92 Å². The fourth-order valence-electron chi connectivity index (χ4n) is 1.97. The Bertz CT molecular complexity index is 421. The minimum atomic E-state index is -0.135. The smallest absolute Gasteiger partial charge is 0.226 e. The van der Waals surface area contributed by atoms with E-state index < -0.39 is 0 Å². The number of aromatic nitrogens is 1. The lowest BCUT2D eigenvalue weighted by Crippen LogP contribution is -2.18. The van der Waals surface area contributed by atoms with Crippen LogP contribution < -0.4 is 5.32 Å². The molecular weight excluding hydrogens is 256 g/mol. The molecule has 0 fully saturated rings. The highest BCUT2D eigenvalue weighted by Crippen LogP contribution is 2.13. The topological polar surface area (TPSA) is 71.5 Å². The molecule has 1 rings (SSSR count). The third-order valence-corrected chi connectivity index (χ3v) is 2.89. The van der Waals surface area contributed by atoms with E-state index >= 15 is 0 Å². The summed E-state index contributed by atoms with van der Waals surface area (Å²) in [5.74, 6) is 0.450. The first-order valence-electron chi connectivity index (χ1n) is 6.98. The molecule has 20 heavy (non-hydrogen) atoms. The molecule has 1 heterocycles. The van der Waals surface area contributed by atoms with Crippen molar-refractivity contribution in [3.8, 4) is 0 Å². The second-order valence-electron chi connectivity index (χ2n) is 5.30. The van der Waals surface area contributed by atoms with Crippen LogP contribution in [0.5, 0.6) is 0 Å². The minimum Gasteiger partial charge on any atom is -0.392 e. The van der Waals surface area contributed by atoms with Crippen LogP contribution in [0.25, 0.3) is 0 Å². The van der Waals surface area contributed by atoms with Gasteiger partial charge in [0.2, 0.25) is 5.91 Å². The number of aliphatic hydroxyl groups is 1. The van der Waals surface area contributed by atoms with E-state index in [1.165, 1.54) is 6.20 Å². The molecule has 1 amide bonds. The fourth-order valence-corrected chi connectivity index (χ4v) is 1.97. The van der Waals surface area contributed by atoms with Crippen molar-refractivity contribution >= 4 is 11.6 Å². The van der Waals surface area contributed by atoms with E-state index in [1.807, 2.05) is 6.92 Å². The first-order chi connectivity index (χ1) is 9.52. The number of carbonyl (C=O) groups excluding carboxylic acids is 1. The van der Waals surface area contributed by atoms with Gasteiger partial charge in [0.25, 0.3) is 0 Å². The van der Waals surface area contributed by atoms with E-state index in [-0.39, 0.29) is 18.6 Å². The number of rotatable bonds is 8. The van der Waals surface area contributed by atoms with Crippen molar-refractivity contribution in [1.29, 1.82) is 0 Å². The van der Waals surface area contributed by atoms with Gasteiger partial charge in [-0.25, -0.2) is 0 Å². The van der Waals surface area contributed by atoms with Crippen LogP contribution in [0, 0.1) is 5.92 Å². The molecule has 112 valence electrons. The Kier molecular flexibility index (Phi) is 7.18. The first kappa shape index (κ1) is 16.6. The number of hydrogen-bond acceptors (Lipinski definition) is 4. The van der Waals surface area contributed by atoms with E-state index in [4.69, 9.17) is 9.84 Å². The van der Waals surface area contributed by atoms with Crippen molar-refractivity contribution in [3.05, 3.63) is 24.0 Å². The van der Waals surface area contributed by atoms with E-state index in [9.17, 15) is 4.79 Å². The van der Waals surface area contributed by atoms with E-state index in [2.05, 4.69) is 24.1 Å². The molecule has 5 nitrogen and oxygen atoms in total. The predicted molar refractivity (Wildman–Crippen MR) is 78.3 cm³/mol. The number of nitrogens with zero attached hydrogens (tertiary/aromatic N) is 1. The first-order valence-corrected chi connectivity index (χ1v) is 6.98. The van der Waals surface area contributed by atoms with Gasteiger partial charge in [0.1, 0.15) is 0 Å². The molecule has 2 N–H and O–H groups in total. The number of anilines is 1. The van der Waals surface area contributed by atoms with Gasteiger partial charge in [-0.05, 0) is 25.3 Å². The number of amides is 1. The third-order valence-electron chi connectivity index (χ3n) is 2.89. The Hall–Kier alpha value is -1.46. The zero-order valence-electron chi connectivity index (χ0n) is 12.4. The van der Waals surface area contributed by atoms with Crippen LogP contribution in [-0.2, 0) is 16.1 Å². The maximum Gasteiger partial charge on any atom is 0.226 e. The van der Waals surface area contributed by atoms with Gasteiger partial charge in [0, 0.05) is 11.8 Å². The average Bonchev–Trinajstić information content (AvgIpc) is 2.38. The molecule has 1 unspecified atom stereocenters. The lowest BCUT2D eigenvalue weighted by molar-refractivity contribution is -0.117. The number of carbonyl (C=O) groups is 1. The van der Waals surface area contributed by atoms with Crippen LogP contribution in [-0.4, -0.2) is 28.7 Å². The molecule has 1 atom stereocenters. The molecule has 0 saturated heterocycles. The Morgan fingerprint density at radius 2 is 2.20 bits per heavy atom. The normalized spacial score (nSPS) is 12.4. The molecule has 0 aliphatic carbocycles. The Morgan fingerprint density at radius 3 is 2.85 bits per heavy atom.